The zero-order valence-electron chi connectivity index (χ0n) is 15.6. The van der Waals surface area contributed by atoms with Gasteiger partial charge in [-0.05, 0) is 56.5 Å². The van der Waals surface area contributed by atoms with Crippen LogP contribution in [0.1, 0.15) is 28.8 Å². The summed E-state index contributed by atoms with van der Waals surface area (Å²) in [5, 5.41) is 6.26. The van der Waals surface area contributed by atoms with Crippen LogP contribution in [0.25, 0.3) is 0 Å². The number of amides is 1. The molecule has 1 atom stereocenters. The lowest BCUT2D eigenvalue weighted by Gasteiger charge is -2.27. The Morgan fingerprint density at radius 2 is 2.07 bits per heavy atom. The fourth-order valence-corrected chi connectivity index (χ4v) is 5.04. The van der Waals surface area contributed by atoms with E-state index in [0.717, 1.165) is 25.9 Å². The number of carbonyl (C=O) groups excluding carboxylic acids is 1. The summed E-state index contributed by atoms with van der Waals surface area (Å²) in [7, 11) is -3.62. The molecule has 0 radical (unpaired) electrons. The van der Waals surface area contributed by atoms with E-state index < -0.39 is 10.0 Å². The van der Waals surface area contributed by atoms with Gasteiger partial charge in [0.1, 0.15) is 0 Å². The van der Waals surface area contributed by atoms with E-state index >= 15 is 0 Å². The molecule has 27 heavy (non-hydrogen) atoms. The summed E-state index contributed by atoms with van der Waals surface area (Å²) in [6, 6.07) is 4.88. The Hall–Kier alpha value is -1.19. The lowest BCUT2D eigenvalue weighted by Crippen LogP contribution is -2.41. The fourth-order valence-electron chi connectivity index (χ4n) is 3.38. The van der Waals surface area contributed by atoms with Gasteiger partial charge >= 0.3 is 0 Å². The molecule has 0 aliphatic carbocycles. The average Bonchev–Trinajstić information content (AvgIpc) is 2.68. The molecule has 152 valence electrons. The molecule has 2 aliphatic rings. The second-order valence-electron chi connectivity index (χ2n) is 6.92. The Kier molecular flexibility index (Phi) is 8.05. The molecule has 0 spiro atoms. The maximum Gasteiger partial charge on any atom is 0.251 e. The van der Waals surface area contributed by atoms with Crippen LogP contribution < -0.4 is 10.6 Å². The van der Waals surface area contributed by atoms with Crippen molar-refractivity contribution in [2.45, 2.75) is 24.7 Å². The van der Waals surface area contributed by atoms with Crippen molar-refractivity contribution in [1.82, 2.24) is 14.9 Å². The van der Waals surface area contributed by atoms with E-state index in [1.807, 2.05) is 0 Å². The van der Waals surface area contributed by atoms with Gasteiger partial charge in [-0.15, -0.1) is 12.4 Å². The van der Waals surface area contributed by atoms with E-state index in [4.69, 9.17) is 4.74 Å². The third kappa shape index (κ3) is 5.42. The summed E-state index contributed by atoms with van der Waals surface area (Å²) in [6.07, 6.45) is 2.21. The van der Waals surface area contributed by atoms with Gasteiger partial charge in [-0.25, -0.2) is 8.42 Å². The lowest BCUT2D eigenvalue weighted by molar-refractivity contribution is 0.0730. The number of halogens is 1. The second-order valence-corrected chi connectivity index (χ2v) is 8.83. The minimum atomic E-state index is -3.62. The van der Waals surface area contributed by atoms with Gasteiger partial charge < -0.3 is 15.4 Å². The van der Waals surface area contributed by atoms with Gasteiger partial charge in [0.05, 0.1) is 18.1 Å². The van der Waals surface area contributed by atoms with Crippen LogP contribution in [-0.4, -0.2) is 64.6 Å². The van der Waals surface area contributed by atoms with Crippen molar-refractivity contribution >= 4 is 28.3 Å². The highest BCUT2D eigenvalue weighted by atomic mass is 35.5. The van der Waals surface area contributed by atoms with Gasteiger partial charge in [0, 0.05) is 25.2 Å². The minimum absolute atomic E-state index is 0. The molecule has 0 bridgehead atoms. The lowest BCUT2D eigenvalue weighted by atomic mass is 9.99. The average molecular weight is 418 g/mol. The topological polar surface area (TPSA) is 87.7 Å². The molecule has 1 unspecified atom stereocenters. The van der Waals surface area contributed by atoms with Crippen molar-refractivity contribution in [3.63, 3.8) is 0 Å². The number of carbonyl (C=O) groups is 1. The van der Waals surface area contributed by atoms with Gasteiger partial charge in [0.25, 0.3) is 5.91 Å². The molecule has 2 heterocycles. The summed E-state index contributed by atoms with van der Waals surface area (Å²) in [5.41, 5.74) is 1.02. The van der Waals surface area contributed by atoms with Crippen molar-refractivity contribution in [3.05, 3.63) is 29.3 Å². The predicted molar refractivity (Wildman–Crippen MR) is 106 cm³/mol. The minimum Gasteiger partial charge on any atom is -0.379 e. The zero-order chi connectivity index (χ0) is 18.6. The van der Waals surface area contributed by atoms with Crippen molar-refractivity contribution in [2.75, 3.05) is 45.9 Å². The molecule has 3 rings (SSSR count). The van der Waals surface area contributed by atoms with E-state index in [1.54, 1.807) is 19.1 Å². The SMILES string of the molecule is Cc1ccc(C(=O)NCC2CCCNC2)cc1S(=O)(=O)N1CCOCC1.Cl. The van der Waals surface area contributed by atoms with Crippen molar-refractivity contribution < 1.29 is 17.9 Å². The first-order valence-electron chi connectivity index (χ1n) is 9.16. The molecule has 9 heteroatoms. The van der Waals surface area contributed by atoms with Crippen LogP contribution in [0.15, 0.2) is 23.1 Å². The molecule has 1 aromatic rings. The Morgan fingerprint density at radius 1 is 1.33 bits per heavy atom. The number of ether oxygens (including phenoxy) is 1. The number of hydrogen-bond donors (Lipinski definition) is 2. The molecule has 1 aromatic carbocycles. The van der Waals surface area contributed by atoms with E-state index in [1.165, 1.54) is 10.4 Å². The third-order valence-corrected chi connectivity index (χ3v) is 7.03. The third-order valence-electron chi connectivity index (χ3n) is 4.99. The summed E-state index contributed by atoms with van der Waals surface area (Å²) < 4.78 is 32.5. The number of sulfonamides is 1. The Balaban J connectivity index is 0.00000261. The summed E-state index contributed by atoms with van der Waals surface area (Å²) in [4.78, 5) is 12.7. The van der Waals surface area contributed by atoms with Crippen LogP contribution in [0.3, 0.4) is 0 Å². The van der Waals surface area contributed by atoms with Crippen LogP contribution in [0.4, 0.5) is 0 Å². The first kappa shape index (κ1) is 22.1. The number of hydrogen-bond acceptors (Lipinski definition) is 5. The van der Waals surface area contributed by atoms with E-state index in [0.29, 0.717) is 49.9 Å². The number of nitrogens with zero attached hydrogens (tertiary/aromatic N) is 1. The number of nitrogens with one attached hydrogen (secondary N) is 2. The maximum absolute atomic E-state index is 12.9. The largest absolute Gasteiger partial charge is 0.379 e. The number of morpholine rings is 1. The van der Waals surface area contributed by atoms with Gasteiger partial charge in [-0.3, -0.25) is 4.79 Å². The van der Waals surface area contributed by atoms with E-state index in [2.05, 4.69) is 10.6 Å². The molecular weight excluding hydrogens is 390 g/mol. The zero-order valence-corrected chi connectivity index (χ0v) is 17.2. The number of aryl methyl sites for hydroxylation is 1. The van der Waals surface area contributed by atoms with Crippen LogP contribution in [0, 0.1) is 12.8 Å². The predicted octanol–water partition coefficient (Wildman–Crippen LogP) is 1.17. The maximum atomic E-state index is 12.9. The molecule has 2 fully saturated rings. The molecule has 2 saturated heterocycles. The molecular formula is C18H28ClN3O4S. The fraction of sp³-hybridized carbons (Fsp3) is 0.611. The summed E-state index contributed by atoms with van der Waals surface area (Å²) in [5.74, 6) is 0.198. The molecule has 1 amide bonds. The molecule has 2 aliphatic heterocycles. The van der Waals surface area contributed by atoms with Crippen LogP contribution in [0.2, 0.25) is 0 Å². The normalized spacial score (nSPS) is 21.3. The van der Waals surface area contributed by atoms with Gasteiger partial charge in [-0.2, -0.15) is 4.31 Å². The highest BCUT2D eigenvalue weighted by molar-refractivity contribution is 7.89. The number of benzene rings is 1. The Morgan fingerprint density at radius 3 is 2.74 bits per heavy atom. The van der Waals surface area contributed by atoms with Crippen LogP contribution >= 0.6 is 12.4 Å². The van der Waals surface area contributed by atoms with Crippen molar-refractivity contribution in [2.24, 2.45) is 5.92 Å². The monoisotopic (exact) mass is 417 g/mol. The number of rotatable bonds is 5. The highest BCUT2D eigenvalue weighted by Gasteiger charge is 2.28. The standard InChI is InChI=1S/C18H27N3O4S.ClH/c1-14-4-5-16(18(22)20-13-15-3-2-6-19-12-15)11-17(14)26(23,24)21-7-9-25-10-8-21;/h4-5,11,15,19H,2-3,6-10,12-13H2,1H3,(H,20,22);1H. The quantitative estimate of drug-likeness (QED) is 0.750. The highest BCUT2D eigenvalue weighted by Crippen LogP contribution is 2.22. The molecule has 0 saturated carbocycles. The van der Waals surface area contributed by atoms with E-state index in [-0.39, 0.29) is 23.2 Å². The number of piperidine rings is 1. The molecule has 0 aromatic heterocycles. The van der Waals surface area contributed by atoms with Gasteiger partial charge in [0.2, 0.25) is 10.0 Å². The van der Waals surface area contributed by atoms with Crippen LogP contribution in [-0.2, 0) is 14.8 Å². The van der Waals surface area contributed by atoms with Crippen molar-refractivity contribution in [1.29, 1.82) is 0 Å². The van der Waals surface area contributed by atoms with Crippen molar-refractivity contribution in [3.8, 4) is 0 Å². The van der Waals surface area contributed by atoms with E-state index in [9.17, 15) is 13.2 Å². The smallest absolute Gasteiger partial charge is 0.251 e. The Labute approximate surface area is 167 Å². The van der Waals surface area contributed by atoms with Gasteiger partial charge in [0.15, 0.2) is 0 Å². The summed E-state index contributed by atoms with van der Waals surface area (Å²) in [6.45, 7) is 5.77. The summed E-state index contributed by atoms with van der Waals surface area (Å²) >= 11 is 0. The molecule has 7 nitrogen and oxygen atoms in total. The first-order valence-corrected chi connectivity index (χ1v) is 10.6. The first-order chi connectivity index (χ1) is 12.5. The molecule has 2 N–H and O–H groups in total. The van der Waals surface area contributed by atoms with Crippen LogP contribution in [0.5, 0.6) is 0 Å². The Bertz CT molecular complexity index is 745. The second kappa shape index (κ2) is 9.84. The van der Waals surface area contributed by atoms with Gasteiger partial charge in [-0.1, -0.05) is 6.07 Å².